The fourth-order valence-corrected chi connectivity index (χ4v) is 2.42. The van der Waals surface area contributed by atoms with Crippen LogP contribution in [-0.4, -0.2) is 50.6 Å². The number of hydrogen-bond acceptors (Lipinski definition) is 3. The Kier molecular flexibility index (Phi) is 5.99. The molecule has 0 atom stereocenters. The normalized spacial score (nSPS) is 16.2. The van der Waals surface area contributed by atoms with Gasteiger partial charge in [0.2, 0.25) is 0 Å². The van der Waals surface area contributed by atoms with Crippen LogP contribution in [0.25, 0.3) is 0 Å². The lowest BCUT2D eigenvalue weighted by Crippen LogP contribution is -3.11. The van der Waals surface area contributed by atoms with Gasteiger partial charge in [0, 0.05) is 12.7 Å². The first-order chi connectivity index (χ1) is 10.7. The highest BCUT2D eigenvalue weighted by Crippen LogP contribution is 2.01. The van der Waals surface area contributed by atoms with E-state index in [-0.39, 0.29) is 11.5 Å². The van der Waals surface area contributed by atoms with Crippen LogP contribution in [0.4, 0.5) is 0 Å². The van der Waals surface area contributed by atoms with Crippen molar-refractivity contribution < 1.29 is 9.69 Å². The molecule has 1 aromatic carbocycles. The molecule has 2 rings (SSSR count). The van der Waals surface area contributed by atoms with Crippen molar-refractivity contribution in [2.24, 2.45) is 0 Å². The zero-order valence-corrected chi connectivity index (χ0v) is 13.0. The van der Waals surface area contributed by atoms with E-state index in [1.807, 2.05) is 36.4 Å². The van der Waals surface area contributed by atoms with Crippen LogP contribution in [0.15, 0.2) is 42.1 Å². The lowest BCUT2D eigenvalue weighted by Gasteiger charge is -2.29. The van der Waals surface area contributed by atoms with E-state index in [0.29, 0.717) is 6.54 Å². The van der Waals surface area contributed by atoms with Crippen LogP contribution >= 0.6 is 0 Å². The molecule has 0 radical (unpaired) electrons. The molecule has 1 aromatic rings. The number of rotatable bonds is 5. The van der Waals surface area contributed by atoms with Crippen molar-refractivity contribution >= 4 is 5.91 Å². The first-order valence-electron chi connectivity index (χ1n) is 7.68. The number of nitriles is 1. The second-order valence-corrected chi connectivity index (χ2v) is 5.64. The van der Waals surface area contributed by atoms with Crippen LogP contribution in [0.1, 0.15) is 5.56 Å². The molecule has 0 spiro atoms. The van der Waals surface area contributed by atoms with E-state index in [1.54, 1.807) is 6.20 Å². The predicted molar refractivity (Wildman–Crippen MR) is 85.0 cm³/mol. The number of amides is 1. The average molecular weight is 299 g/mol. The number of quaternary nitrogens is 1. The highest BCUT2D eigenvalue weighted by Gasteiger charge is 2.16. The number of nitrogens with one attached hydrogen (secondary N) is 2. The monoisotopic (exact) mass is 299 g/mol. The summed E-state index contributed by atoms with van der Waals surface area (Å²) in [7, 11) is 2.16. The molecular weight excluding hydrogens is 276 g/mol. The second kappa shape index (κ2) is 8.20. The summed E-state index contributed by atoms with van der Waals surface area (Å²) in [5.41, 5.74) is 1.36. The molecule has 116 valence electrons. The maximum absolute atomic E-state index is 12.1. The molecule has 0 aliphatic carbocycles. The fourth-order valence-electron chi connectivity index (χ4n) is 2.42. The van der Waals surface area contributed by atoms with E-state index in [0.717, 1.165) is 32.6 Å². The van der Waals surface area contributed by atoms with Gasteiger partial charge >= 0.3 is 0 Å². The quantitative estimate of drug-likeness (QED) is 0.574. The van der Waals surface area contributed by atoms with Crippen molar-refractivity contribution in [2.75, 3.05) is 39.8 Å². The lowest BCUT2D eigenvalue weighted by molar-refractivity contribution is -0.883. The highest BCUT2D eigenvalue weighted by atomic mass is 16.1. The van der Waals surface area contributed by atoms with Crippen molar-refractivity contribution in [1.29, 1.82) is 5.26 Å². The molecule has 0 saturated carbocycles. The maximum Gasteiger partial charge on any atom is 0.263 e. The van der Waals surface area contributed by atoms with Crippen LogP contribution in [0.5, 0.6) is 0 Å². The first-order valence-corrected chi connectivity index (χ1v) is 7.68. The zero-order chi connectivity index (χ0) is 15.8. The van der Waals surface area contributed by atoms with Gasteiger partial charge in [-0.05, 0) is 12.0 Å². The largest absolute Gasteiger partial charge is 0.365 e. The molecule has 1 fully saturated rings. The third-order valence-corrected chi connectivity index (χ3v) is 3.87. The predicted octanol–water partition coefficient (Wildman–Crippen LogP) is -0.417. The van der Waals surface area contributed by atoms with E-state index in [2.05, 4.69) is 17.3 Å². The second-order valence-electron chi connectivity index (χ2n) is 5.64. The number of hydrogen-bond donors (Lipinski definition) is 2. The van der Waals surface area contributed by atoms with Gasteiger partial charge in [-0.3, -0.25) is 4.79 Å². The summed E-state index contributed by atoms with van der Waals surface area (Å²) in [5.74, 6) is -0.287. The lowest BCUT2D eigenvalue weighted by atomic mass is 10.1. The Morgan fingerprint density at radius 3 is 2.68 bits per heavy atom. The van der Waals surface area contributed by atoms with Gasteiger partial charge in [-0.1, -0.05) is 30.3 Å². The molecule has 2 N–H and O–H groups in total. The molecule has 5 nitrogen and oxygen atoms in total. The molecule has 1 aliphatic heterocycles. The summed E-state index contributed by atoms with van der Waals surface area (Å²) in [4.78, 5) is 15.6. The Balaban J connectivity index is 1.82. The summed E-state index contributed by atoms with van der Waals surface area (Å²) in [6.07, 6.45) is 2.47. The SMILES string of the molecule is C[NH+]1CCN(/C=C(\C#N)C(=O)NCCc2ccccc2)CC1. The minimum absolute atomic E-state index is 0.188. The number of benzene rings is 1. The van der Waals surface area contributed by atoms with Crippen molar-refractivity contribution in [3.8, 4) is 6.07 Å². The Morgan fingerprint density at radius 1 is 1.36 bits per heavy atom. The maximum atomic E-state index is 12.1. The standard InChI is InChI=1S/C17H22N4O/c1-20-9-11-21(12-10-20)14-16(13-18)17(22)19-8-7-15-5-3-2-4-6-15/h2-6,14H,7-12H2,1H3,(H,19,22)/p+1/b16-14+. The van der Waals surface area contributed by atoms with Gasteiger partial charge in [0.25, 0.3) is 5.91 Å². The van der Waals surface area contributed by atoms with Crippen LogP contribution in [0, 0.1) is 11.3 Å². The number of likely N-dealkylation sites (N-methyl/N-ethyl adjacent to an activating group) is 1. The van der Waals surface area contributed by atoms with E-state index in [9.17, 15) is 10.1 Å². The summed E-state index contributed by atoms with van der Waals surface area (Å²) in [5, 5.41) is 12.0. The Bertz CT molecular complexity index is 554. The molecule has 22 heavy (non-hydrogen) atoms. The van der Waals surface area contributed by atoms with Gasteiger partial charge in [0.15, 0.2) is 0 Å². The number of piperazine rings is 1. The van der Waals surface area contributed by atoms with Gasteiger partial charge in [0.05, 0.1) is 33.2 Å². The summed E-state index contributed by atoms with van der Waals surface area (Å²) in [6, 6.07) is 12.0. The van der Waals surface area contributed by atoms with Gasteiger partial charge in [0.1, 0.15) is 11.6 Å². The summed E-state index contributed by atoms with van der Waals surface area (Å²) < 4.78 is 0. The molecule has 1 heterocycles. The van der Waals surface area contributed by atoms with E-state index < -0.39 is 0 Å². The van der Waals surface area contributed by atoms with Crippen LogP contribution in [0.3, 0.4) is 0 Å². The van der Waals surface area contributed by atoms with Crippen LogP contribution in [-0.2, 0) is 11.2 Å². The number of nitrogens with zero attached hydrogens (tertiary/aromatic N) is 2. The Labute approximate surface area is 131 Å². The molecule has 0 aromatic heterocycles. The summed E-state index contributed by atoms with van der Waals surface area (Å²) >= 11 is 0. The smallest absolute Gasteiger partial charge is 0.263 e. The van der Waals surface area contributed by atoms with Crippen molar-refractivity contribution in [1.82, 2.24) is 10.2 Å². The molecular formula is C17H23N4O+. The fraction of sp³-hybridized carbons (Fsp3) is 0.412. The molecule has 1 saturated heterocycles. The van der Waals surface area contributed by atoms with Gasteiger partial charge in [-0.2, -0.15) is 5.26 Å². The molecule has 1 amide bonds. The molecule has 0 bridgehead atoms. The average Bonchev–Trinajstić information content (AvgIpc) is 2.55. The van der Waals surface area contributed by atoms with Crippen molar-refractivity contribution in [2.45, 2.75) is 6.42 Å². The van der Waals surface area contributed by atoms with Gasteiger partial charge < -0.3 is 15.1 Å². The minimum atomic E-state index is -0.287. The minimum Gasteiger partial charge on any atom is -0.365 e. The first kappa shape index (κ1) is 16.1. The van der Waals surface area contributed by atoms with Gasteiger partial charge in [-0.15, -0.1) is 0 Å². The Hall–Kier alpha value is -2.32. The van der Waals surface area contributed by atoms with Gasteiger partial charge in [-0.25, -0.2) is 0 Å². The molecule has 0 unspecified atom stereocenters. The molecule has 5 heteroatoms. The van der Waals surface area contributed by atoms with Crippen molar-refractivity contribution in [3.63, 3.8) is 0 Å². The third-order valence-electron chi connectivity index (χ3n) is 3.87. The third kappa shape index (κ3) is 4.90. The van der Waals surface area contributed by atoms with Crippen molar-refractivity contribution in [3.05, 3.63) is 47.7 Å². The highest BCUT2D eigenvalue weighted by molar-refractivity contribution is 5.97. The number of carbonyl (C=O) groups excluding carboxylic acids is 1. The topological polar surface area (TPSA) is 60.6 Å². The number of carbonyl (C=O) groups is 1. The Morgan fingerprint density at radius 2 is 2.05 bits per heavy atom. The van der Waals surface area contributed by atoms with E-state index in [4.69, 9.17) is 0 Å². The van der Waals surface area contributed by atoms with E-state index >= 15 is 0 Å². The summed E-state index contributed by atoms with van der Waals surface area (Å²) in [6.45, 7) is 4.37. The molecule has 1 aliphatic rings. The van der Waals surface area contributed by atoms with E-state index in [1.165, 1.54) is 10.5 Å². The van der Waals surface area contributed by atoms with Crippen LogP contribution in [0.2, 0.25) is 0 Å². The van der Waals surface area contributed by atoms with Crippen LogP contribution < -0.4 is 10.2 Å². The zero-order valence-electron chi connectivity index (χ0n) is 13.0.